The standard InChI is InChI=1S/C18H33NO4/c1-4-5-6-7-8-9-10-11-15-18(23-16(20)12-19)17(21-3)14(2)13-22-15/h10-11,14-15,17-18H,4-9,12-13,19H2,1-3H3/t14-,15+,17-,18-/m0/s1. The Balaban J connectivity index is 2.53. The first-order valence-corrected chi connectivity index (χ1v) is 8.84. The molecule has 1 fully saturated rings. The average Bonchev–Trinajstić information content (AvgIpc) is 2.55. The molecular weight excluding hydrogens is 294 g/mol. The summed E-state index contributed by atoms with van der Waals surface area (Å²) >= 11 is 0. The van der Waals surface area contributed by atoms with E-state index in [0.29, 0.717) is 6.61 Å². The summed E-state index contributed by atoms with van der Waals surface area (Å²) < 4.78 is 16.8. The van der Waals surface area contributed by atoms with Crippen molar-refractivity contribution in [3.8, 4) is 0 Å². The lowest BCUT2D eigenvalue weighted by Crippen LogP contribution is -2.52. The number of hydrogen-bond acceptors (Lipinski definition) is 5. The molecule has 0 unspecified atom stereocenters. The van der Waals surface area contributed by atoms with Crippen LogP contribution in [0.1, 0.15) is 52.4 Å². The second-order valence-corrected chi connectivity index (χ2v) is 6.27. The molecule has 1 heterocycles. The third-order valence-electron chi connectivity index (χ3n) is 4.27. The van der Waals surface area contributed by atoms with Gasteiger partial charge in [0.05, 0.1) is 13.2 Å². The molecule has 134 valence electrons. The number of unbranched alkanes of at least 4 members (excludes halogenated alkanes) is 5. The maximum absolute atomic E-state index is 11.6. The minimum absolute atomic E-state index is 0.130. The predicted octanol–water partition coefficient (Wildman–Crippen LogP) is 2.82. The van der Waals surface area contributed by atoms with Crippen LogP contribution in [0.3, 0.4) is 0 Å². The van der Waals surface area contributed by atoms with Crippen molar-refractivity contribution in [2.45, 2.75) is 70.7 Å². The van der Waals surface area contributed by atoms with E-state index >= 15 is 0 Å². The highest BCUT2D eigenvalue weighted by atomic mass is 16.6. The lowest BCUT2D eigenvalue weighted by molar-refractivity contribution is -0.189. The molecule has 0 spiro atoms. The molecule has 0 radical (unpaired) electrons. The number of allylic oxidation sites excluding steroid dienone is 1. The SMILES string of the molecule is CCCCCCCC=C[C@H]1OC[C@H](C)[C@H](OC)[C@H]1OC(=O)CN. The first kappa shape index (κ1) is 20.1. The number of hydrogen-bond donors (Lipinski definition) is 1. The Morgan fingerprint density at radius 3 is 2.65 bits per heavy atom. The van der Waals surface area contributed by atoms with Gasteiger partial charge in [-0.1, -0.05) is 51.7 Å². The maximum Gasteiger partial charge on any atom is 0.320 e. The van der Waals surface area contributed by atoms with Gasteiger partial charge in [0, 0.05) is 13.0 Å². The van der Waals surface area contributed by atoms with Crippen LogP contribution in [0.5, 0.6) is 0 Å². The van der Waals surface area contributed by atoms with Crippen LogP contribution in [0.2, 0.25) is 0 Å². The molecule has 0 aromatic carbocycles. The monoisotopic (exact) mass is 327 g/mol. The second-order valence-electron chi connectivity index (χ2n) is 6.27. The highest BCUT2D eigenvalue weighted by molar-refractivity contribution is 5.71. The molecule has 0 amide bonds. The Labute approximate surface area is 140 Å². The molecular formula is C18H33NO4. The normalized spacial score (nSPS) is 28.2. The van der Waals surface area contributed by atoms with E-state index in [0.717, 1.165) is 6.42 Å². The van der Waals surface area contributed by atoms with Crippen molar-refractivity contribution in [1.29, 1.82) is 0 Å². The third kappa shape index (κ3) is 7.02. The predicted molar refractivity (Wildman–Crippen MR) is 91.2 cm³/mol. The van der Waals surface area contributed by atoms with Crippen LogP contribution in [0.15, 0.2) is 12.2 Å². The van der Waals surface area contributed by atoms with Crippen molar-refractivity contribution < 1.29 is 19.0 Å². The van der Waals surface area contributed by atoms with Crippen molar-refractivity contribution in [2.24, 2.45) is 11.7 Å². The van der Waals surface area contributed by atoms with E-state index in [2.05, 4.69) is 13.0 Å². The van der Waals surface area contributed by atoms with E-state index < -0.39 is 12.1 Å². The summed E-state index contributed by atoms with van der Waals surface area (Å²) in [5.41, 5.74) is 5.36. The van der Waals surface area contributed by atoms with Gasteiger partial charge in [0.1, 0.15) is 12.2 Å². The second kappa shape index (κ2) is 11.6. The molecule has 1 aliphatic rings. The largest absolute Gasteiger partial charge is 0.455 e. The fourth-order valence-corrected chi connectivity index (χ4v) is 2.92. The molecule has 2 N–H and O–H groups in total. The van der Waals surface area contributed by atoms with Crippen LogP contribution < -0.4 is 5.73 Å². The Morgan fingerprint density at radius 2 is 2.00 bits per heavy atom. The fraction of sp³-hybridized carbons (Fsp3) is 0.833. The number of ether oxygens (including phenoxy) is 3. The molecule has 0 aromatic heterocycles. The number of esters is 1. The van der Waals surface area contributed by atoms with Gasteiger partial charge >= 0.3 is 5.97 Å². The average molecular weight is 327 g/mol. The zero-order valence-corrected chi connectivity index (χ0v) is 14.8. The highest BCUT2D eigenvalue weighted by Gasteiger charge is 2.40. The minimum atomic E-state index is -0.434. The van der Waals surface area contributed by atoms with Crippen LogP contribution in [-0.4, -0.2) is 44.5 Å². The molecule has 0 bridgehead atoms. The third-order valence-corrected chi connectivity index (χ3v) is 4.27. The topological polar surface area (TPSA) is 70.8 Å². The summed E-state index contributed by atoms with van der Waals surface area (Å²) in [5, 5.41) is 0. The Bertz CT molecular complexity index is 359. The van der Waals surface area contributed by atoms with E-state index in [9.17, 15) is 4.79 Å². The summed E-state index contributed by atoms with van der Waals surface area (Å²) in [5.74, 6) is -0.248. The summed E-state index contributed by atoms with van der Waals surface area (Å²) in [7, 11) is 1.64. The van der Waals surface area contributed by atoms with Gasteiger partial charge in [-0.2, -0.15) is 0 Å². The van der Waals surface area contributed by atoms with Gasteiger partial charge in [0.2, 0.25) is 0 Å². The van der Waals surface area contributed by atoms with E-state index in [-0.39, 0.29) is 24.7 Å². The van der Waals surface area contributed by atoms with Gasteiger partial charge in [0.25, 0.3) is 0 Å². The number of methoxy groups -OCH3 is 1. The minimum Gasteiger partial charge on any atom is -0.455 e. The van der Waals surface area contributed by atoms with Crippen molar-refractivity contribution >= 4 is 5.97 Å². The van der Waals surface area contributed by atoms with E-state index in [1.54, 1.807) is 7.11 Å². The number of rotatable bonds is 10. The molecule has 1 rings (SSSR count). The molecule has 4 atom stereocenters. The summed E-state index contributed by atoms with van der Waals surface area (Å²) in [6, 6.07) is 0. The zero-order chi connectivity index (χ0) is 17.1. The molecule has 5 nitrogen and oxygen atoms in total. The van der Waals surface area contributed by atoms with Crippen LogP contribution >= 0.6 is 0 Å². The molecule has 23 heavy (non-hydrogen) atoms. The molecule has 1 saturated heterocycles. The molecule has 0 saturated carbocycles. The van der Waals surface area contributed by atoms with Crippen molar-refractivity contribution in [3.05, 3.63) is 12.2 Å². The van der Waals surface area contributed by atoms with Crippen LogP contribution in [0.25, 0.3) is 0 Å². The zero-order valence-electron chi connectivity index (χ0n) is 14.8. The van der Waals surface area contributed by atoms with Gasteiger partial charge in [-0.05, 0) is 12.8 Å². The van der Waals surface area contributed by atoms with E-state index in [4.69, 9.17) is 19.9 Å². The van der Waals surface area contributed by atoms with Gasteiger partial charge < -0.3 is 19.9 Å². The maximum atomic E-state index is 11.6. The van der Waals surface area contributed by atoms with Crippen molar-refractivity contribution in [3.63, 3.8) is 0 Å². The first-order chi connectivity index (χ1) is 11.1. The fourth-order valence-electron chi connectivity index (χ4n) is 2.92. The summed E-state index contributed by atoms with van der Waals surface area (Å²) in [4.78, 5) is 11.6. The number of carbonyl (C=O) groups is 1. The number of nitrogens with two attached hydrogens (primary N) is 1. The molecule has 0 aliphatic carbocycles. The summed E-state index contributed by atoms with van der Waals surface area (Å²) in [6.45, 7) is 4.72. The van der Waals surface area contributed by atoms with Crippen molar-refractivity contribution in [2.75, 3.05) is 20.3 Å². The highest BCUT2D eigenvalue weighted by Crippen LogP contribution is 2.26. The quantitative estimate of drug-likeness (QED) is 0.379. The van der Waals surface area contributed by atoms with E-state index in [1.165, 1.54) is 32.1 Å². The molecule has 0 aromatic rings. The van der Waals surface area contributed by atoms with Crippen LogP contribution in [0, 0.1) is 5.92 Å². The Hall–Kier alpha value is -0.910. The summed E-state index contributed by atoms with van der Waals surface area (Å²) in [6.07, 6.45) is 10.6. The molecule has 5 heteroatoms. The van der Waals surface area contributed by atoms with Gasteiger partial charge in [-0.15, -0.1) is 0 Å². The van der Waals surface area contributed by atoms with Gasteiger partial charge in [-0.25, -0.2) is 0 Å². The number of carbonyl (C=O) groups excluding carboxylic acids is 1. The van der Waals surface area contributed by atoms with Crippen LogP contribution in [-0.2, 0) is 19.0 Å². The van der Waals surface area contributed by atoms with Gasteiger partial charge in [0.15, 0.2) is 6.10 Å². The van der Waals surface area contributed by atoms with Crippen LogP contribution in [0.4, 0.5) is 0 Å². The molecule has 1 aliphatic heterocycles. The lowest BCUT2D eigenvalue weighted by Gasteiger charge is -2.39. The Morgan fingerprint density at radius 1 is 1.26 bits per heavy atom. The van der Waals surface area contributed by atoms with E-state index in [1.807, 2.05) is 13.0 Å². The van der Waals surface area contributed by atoms with Gasteiger partial charge in [-0.3, -0.25) is 4.79 Å². The Kier molecular flexibility index (Phi) is 10.2. The lowest BCUT2D eigenvalue weighted by atomic mass is 9.93. The van der Waals surface area contributed by atoms with Crippen molar-refractivity contribution in [1.82, 2.24) is 0 Å². The first-order valence-electron chi connectivity index (χ1n) is 8.84. The smallest absolute Gasteiger partial charge is 0.320 e.